The first-order chi connectivity index (χ1) is 12.3. The topological polar surface area (TPSA) is 62.1 Å². The molecule has 0 radical (unpaired) electrons. The lowest BCUT2D eigenvalue weighted by atomic mass is 10.1. The van der Waals surface area contributed by atoms with Crippen LogP contribution in [0.4, 0.5) is 5.69 Å². The van der Waals surface area contributed by atoms with Crippen molar-refractivity contribution in [3.63, 3.8) is 0 Å². The van der Waals surface area contributed by atoms with Crippen LogP contribution < -0.4 is 9.80 Å². The Morgan fingerprint density at radius 2 is 1.96 bits per heavy atom. The lowest BCUT2D eigenvalue weighted by Crippen LogP contribution is -3.19. The number of benzene rings is 1. The molecule has 26 heavy (non-hydrogen) atoms. The summed E-state index contributed by atoms with van der Waals surface area (Å²) in [4.78, 5) is 18.0. The number of quaternary nitrogens is 1. The number of para-hydroxylation sites is 1. The van der Waals surface area contributed by atoms with Crippen molar-refractivity contribution in [1.82, 2.24) is 4.90 Å². The molecule has 0 unspecified atom stereocenters. The smallest absolute Gasteiger partial charge is 0.280 e. The van der Waals surface area contributed by atoms with Gasteiger partial charge in [0, 0.05) is 13.1 Å². The summed E-state index contributed by atoms with van der Waals surface area (Å²) in [5.74, 6) is 0.318. The van der Waals surface area contributed by atoms with Gasteiger partial charge in [-0.05, 0) is 25.5 Å². The molecule has 2 fully saturated rings. The van der Waals surface area contributed by atoms with Gasteiger partial charge in [0.15, 0.2) is 15.9 Å². The summed E-state index contributed by atoms with van der Waals surface area (Å²) in [6.45, 7) is 5.35. The second-order valence-corrected chi connectivity index (χ2v) is 9.96. The third-order valence-corrected chi connectivity index (χ3v) is 7.76. The van der Waals surface area contributed by atoms with E-state index in [9.17, 15) is 13.2 Å². The second-order valence-electron chi connectivity index (χ2n) is 7.32. The number of halogens is 1. The molecule has 0 saturated carbocycles. The van der Waals surface area contributed by atoms with Crippen LogP contribution in [0, 0.1) is 0 Å². The number of anilines is 1. The van der Waals surface area contributed by atoms with Gasteiger partial charge in [-0.1, -0.05) is 23.7 Å². The van der Waals surface area contributed by atoms with Crippen molar-refractivity contribution in [2.75, 3.05) is 49.6 Å². The third kappa shape index (κ3) is 4.15. The summed E-state index contributed by atoms with van der Waals surface area (Å²) in [6.07, 6.45) is 0.549. The van der Waals surface area contributed by atoms with Crippen LogP contribution in [0.1, 0.15) is 13.3 Å². The fourth-order valence-electron chi connectivity index (χ4n) is 3.92. The van der Waals surface area contributed by atoms with E-state index < -0.39 is 9.84 Å². The molecule has 2 aliphatic rings. The van der Waals surface area contributed by atoms with Crippen molar-refractivity contribution in [3.8, 4) is 0 Å². The fraction of sp³-hybridized carbons (Fsp3) is 0.611. The van der Waals surface area contributed by atoms with E-state index in [1.807, 2.05) is 31.2 Å². The van der Waals surface area contributed by atoms with Gasteiger partial charge in [0.1, 0.15) is 0 Å². The second kappa shape index (κ2) is 7.74. The minimum absolute atomic E-state index is 0.0355. The SMILES string of the molecule is C[C@@H](C(=O)N(C)[C@H]1CCS(=O)(=O)C1)[NH+]1CCN(c2ccccc2Cl)CC1. The summed E-state index contributed by atoms with van der Waals surface area (Å²) >= 11 is 6.29. The maximum Gasteiger partial charge on any atom is 0.280 e. The van der Waals surface area contributed by atoms with E-state index in [1.54, 1.807) is 11.9 Å². The number of rotatable bonds is 4. The normalized spacial score (nSPS) is 24.4. The van der Waals surface area contributed by atoms with Crippen molar-refractivity contribution in [1.29, 1.82) is 0 Å². The average Bonchev–Trinajstić information content (AvgIpc) is 3.00. The molecule has 2 aliphatic heterocycles. The summed E-state index contributed by atoms with van der Waals surface area (Å²) < 4.78 is 23.4. The fourth-order valence-corrected chi connectivity index (χ4v) is 5.95. The Kier molecular flexibility index (Phi) is 5.79. The molecule has 2 heterocycles. The lowest BCUT2D eigenvalue weighted by Gasteiger charge is -2.37. The molecule has 144 valence electrons. The highest BCUT2D eigenvalue weighted by Gasteiger charge is 2.37. The predicted octanol–water partition coefficient (Wildman–Crippen LogP) is 0.0789. The highest BCUT2D eigenvalue weighted by atomic mass is 35.5. The minimum atomic E-state index is -2.99. The Balaban J connectivity index is 1.57. The van der Waals surface area contributed by atoms with E-state index in [-0.39, 0.29) is 29.5 Å². The van der Waals surface area contributed by atoms with Gasteiger partial charge in [-0.25, -0.2) is 8.42 Å². The number of piperazine rings is 1. The van der Waals surface area contributed by atoms with Crippen LogP contribution in [-0.4, -0.2) is 76.0 Å². The number of amides is 1. The van der Waals surface area contributed by atoms with E-state index in [4.69, 9.17) is 11.6 Å². The number of sulfone groups is 1. The van der Waals surface area contributed by atoms with Gasteiger partial charge in [0.05, 0.1) is 48.4 Å². The van der Waals surface area contributed by atoms with Crippen LogP contribution in [0.2, 0.25) is 5.02 Å². The third-order valence-electron chi connectivity index (χ3n) is 5.69. The Morgan fingerprint density at radius 3 is 2.54 bits per heavy atom. The predicted molar refractivity (Wildman–Crippen MR) is 104 cm³/mol. The minimum Gasteiger partial charge on any atom is -0.359 e. The molecule has 1 N–H and O–H groups in total. The van der Waals surface area contributed by atoms with Crippen molar-refractivity contribution >= 4 is 33.0 Å². The number of nitrogens with zero attached hydrogens (tertiary/aromatic N) is 2. The molecule has 0 spiro atoms. The molecule has 1 amide bonds. The maximum atomic E-state index is 12.8. The van der Waals surface area contributed by atoms with Crippen molar-refractivity contribution < 1.29 is 18.1 Å². The van der Waals surface area contributed by atoms with E-state index in [0.717, 1.165) is 36.9 Å². The average molecular weight is 401 g/mol. The quantitative estimate of drug-likeness (QED) is 0.777. The molecule has 6 nitrogen and oxygen atoms in total. The van der Waals surface area contributed by atoms with E-state index in [2.05, 4.69) is 4.90 Å². The Bertz CT molecular complexity index is 763. The summed E-state index contributed by atoms with van der Waals surface area (Å²) in [6, 6.07) is 7.48. The zero-order chi connectivity index (χ0) is 18.9. The first kappa shape index (κ1) is 19.5. The summed E-state index contributed by atoms with van der Waals surface area (Å²) in [7, 11) is -1.25. The zero-order valence-corrected chi connectivity index (χ0v) is 16.9. The Hall–Kier alpha value is -1.31. The van der Waals surface area contributed by atoms with E-state index in [1.165, 1.54) is 4.90 Å². The molecule has 1 aromatic rings. The number of nitrogens with one attached hydrogen (secondary N) is 1. The number of likely N-dealkylation sites (N-methyl/N-ethyl adjacent to an activating group) is 1. The van der Waals surface area contributed by atoms with Gasteiger partial charge in [-0.2, -0.15) is 0 Å². The maximum absolute atomic E-state index is 12.8. The molecule has 2 atom stereocenters. The number of hydrogen-bond acceptors (Lipinski definition) is 4. The highest BCUT2D eigenvalue weighted by molar-refractivity contribution is 7.91. The molecule has 8 heteroatoms. The molecule has 1 aromatic carbocycles. The Labute approximate surface area is 160 Å². The van der Waals surface area contributed by atoms with Crippen LogP contribution >= 0.6 is 11.6 Å². The molecular formula is C18H27ClN3O3S+. The van der Waals surface area contributed by atoms with Crippen LogP contribution in [-0.2, 0) is 14.6 Å². The number of carbonyl (C=O) groups excluding carboxylic acids is 1. The molecule has 0 aromatic heterocycles. The zero-order valence-electron chi connectivity index (χ0n) is 15.3. The number of carbonyl (C=O) groups is 1. The molecule has 2 saturated heterocycles. The summed E-state index contributed by atoms with van der Waals surface area (Å²) in [5.41, 5.74) is 1.04. The van der Waals surface area contributed by atoms with Gasteiger partial charge in [0.25, 0.3) is 5.91 Å². The molecule has 0 bridgehead atoms. The largest absolute Gasteiger partial charge is 0.359 e. The highest BCUT2D eigenvalue weighted by Crippen LogP contribution is 2.25. The van der Waals surface area contributed by atoms with Gasteiger partial charge in [-0.3, -0.25) is 4.79 Å². The van der Waals surface area contributed by atoms with Gasteiger partial charge >= 0.3 is 0 Å². The molecular weight excluding hydrogens is 374 g/mol. The van der Waals surface area contributed by atoms with Gasteiger partial charge in [-0.15, -0.1) is 0 Å². The van der Waals surface area contributed by atoms with Crippen LogP contribution in [0.5, 0.6) is 0 Å². The van der Waals surface area contributed by atoms with Crippen LogP contribution in [0.3, 0.4) is 0 Å². The Morgan fingerprint density at radius 1 is 1.31 bits per heavy atom. The first-order valence-corrected chi connectivity index (χ1v) is 11.3. The summed E-state index contributed by atoms with van der Waals surface area (Å²) in [5, 5.41) is 0.752. The van der Waals surface area contributed by atoms with Crippen LogP contribution in [0.25, 0.3) is 0 Å². The van der Waals surface area contributed by atoms with E-state index in [0.29, 0.717) is 6.42 Å². The molecule has 0 aliphatic carbocycles. The van der Waals surface area contributed by atoms with Gasteiger partial charge in [0.2, 0.25) is 0 Å². The first-order valence-electron chi connectivity index (χ1n) is 9.09. The standard InChI is InChI=1S/C18H26ClN3O3S/c1-14(18(23)20(2)15-7-12-26(24,25)13-15)21-8-10-22(11-9-21)17-6-4-3-5-16(17)19/h3-6,14-15H,7-13H2,1-2H3/p+1/t14-,15-/m0/s1. The number of hydrogen-bond donors (Lipinski definition) is 1. The molecule has 3 rings (SSSR count). The van der Waals surface area contributed by atoms with Crippen molar-refractivity contribution in [2.45, 2.75) is 25.4 Å². The van der Waals surface area contributed by atoms with Crippen molar-refractivity contribution in [3.05, 3.63) is 29.3 Å². The lowest BCUT2D eigenvalue weighted by molar-refractivity contribution is -0.915. The van der Waals surface area contributed by atoms with Crippen molar-refractivity contribution in [2.24, 2.45) is 0 Å². The van der Waals surface area contributed by atoms with E-state index >= 15 is 0 Å². The van der Waals surface area contributed by atoms with Gasteiger partial charge < -0.3 is 14.7 Å². The monoisotopic (exact) mass is 400 g/mol. The van der Waals surface area contributed by atoms with Crippen LogP contribution in [0.15, 0.2) is 24.3 Å².